The summed E-state index contributed by atoms with van der Waals surface area (Å²) in [5, 5.41) is 9.74. The van der Waals surface area contributed by atoms with Gasteiger partial charge in [0, 0.05) is 6.61 Å². The summed E-state index contributed by atoms with van der Waals surface area (Å²) in [5.41, 5.74) is -0.840. The summed E-state index contributed by atoms with van der Waals surface area (Å²) in [5.74, 6) is -0.373. The number of aliphatic hydroxyl groups excluding tert-OH is 1. The minimum atomic E-state index is -0.840. The zero-order valence-corrected chi connectivity index (χ0v) is 8.08. The molecule has 0 bridgehead atoms. The smallest absolute Gasteiger partial charge is 0.316 e. The predicted octanol–water partition coefficient (Wildman–Crippen LogP) is 0.337. The van der Waals surface area contributed by atoms with E-state index in [-0.39, 0.29) is 12.6 Å². The van der Waals surface area contributed by atoms with Gasteiger partial charge in [-0.15, -0.1) is 0 Å². The third kappa shape index (κ3) is 1.69. The zero-order chi connectivity index (χ0) is 9.90. The van der Waals surface area contributed by atoms with Crippen LogP contribution >= 0.6 is 0 Å². The Kier molecular flexibility index (Phi) is 3.27. The highest BCUT2D eigenvalue weighted by atomic mass is 16.5. The molecule has 76 valence electrons. The molecule has 0 aromatic heterocycles. The lowest BCUT2D eigenvalue weighted by molar-refractivity contribution is -0.176. The summed E-state index contributed by atoms with van der Waals surface area (Å²) in [4.78, 5) is 11.5. The minimum Gasteiger partial charge on any atom is -0.468 e. The van der Waals surface area contributed by atoms with Crippen molar-refractivity contribution in [1.82, 2.24) is 0 Å². The minimum absolute atomic E-state index is 0.261. The summed E-state index contributed by atoms with van der Waals surface area (Å²) in [7, 11) is 1.33. The fraction of sp³-hybridized carbons (Fsp3) is 0.889. The third-order valence-electron chi connectivity index (χ3n) is 2.76. The van der Waals surface area contributed by atoms with Crippen molar-refractivity contribution >= 4 is 5.97 Å². The number of ether oxygens (including phenoxy) is 2. The lowest BCUT2D eigenvalue weighted by atomic mass is 9.77. The Bertz CT molecular complexity index is 192. The number of carbonyl (C=O) groups excluding carboxylic acids is 1. The first kappa shape index (κ1) is 10.5. The first-order chi connectivity index (χ1) is 6.17. The molecule has 1 fully saturated rings. The Morgan fingerprint density at radius 1 is 1.77 bits per heavy atom. The molecule has 0 saturated carbocycles. The summed E-state index contributed by atoms with van der Waals surface area (Å²) in [6.45, 7) is 2.63. The molecule has 1 heterocycles. The quantitative estimate of drug-likeness (QED) is 0.635. The molecule has 0 amide bonds. The fourth-order valence-electron chi connectivity index (χ4n) is 1.70. The molecule has 1 aliphatic rings. The first-order valence-electron chi connectivity index (χ1n) is 4.51. The van der Waals surface area contributed by atoms with Crippen LogP contribution in [-0.4, -0.2) is 37.5 Å². The Labute approximate surface area is 77.8 Å². The van der Waals surface area contributed by atoms with Gasteiger partial charge in [0.1, 0.15) is 5.41 Å². The van der Waals surface area contributed by atoms with E-state index in [1.165, 1.54) is 7.11 Å². The van der Waals surface area contributed by atoms with Crippen molar-refractivity contribution in [2.24, 2.45) is 5.41 Å². The van der Waals surface area contributed by atoms with Gasteiger partial charge < -0.3 is 14.6 Å². The molecular weight excluding hydrogens is 172 g/mol. The van der Waals surface area contributed by atoms with Gasteiger partial charge in [-0.3, -0.25) is 4.79 Å². The highest BCUT2D eigenvalue weighted by Gasteiger charge is 2.47. The maximum Gasteiger partial charge on any atom is 0.316 e. The maximum absolute atomic E-state index is 11.5. The molecular formula is C9H16O4. The van der Waals surface area contributed by atoms with Crippen LogP contribution in [0.3, 0.4) is 0 Å². The van der Waals surface area contributed by atoms with Crippen LogP contribution < -0.4 is 0 Å². The average Bonchev–Trinajstić information content (AvgIpc) is 2.18. The molecule has 0 aromatic carbocycles. The van der Waals surface area contributed by atoms with Gasteiger partial charge >= 0.3 is 5.97 Å². The van der Waals surface area contributed by atoms with Crippen LogP contribution in [0.2, 0.25) is 0 Å². The molecule has 4 heteroatoms. The normalized spacial score (nSPS) is 34.2. The molecule has 4 nitrogen and oxygen atoms in total. The second kappa shape index (κ2) is 4.07. The number of hydrogen-bond donors (Lipinski definition) is 1. The van der Waals surface area contributed by atoms with E-state index in [0.29, 0.717) is 19.4 Å². The van der Waals surface area contributed by atoms with Crippen LogP contribution in [0.15, 0.2) is 0 Å². The zero-order valence-electron chi connectivity index (χ0n) is 8.08. The van der Waals surface area contributed by atoms with Crippen molar-refractivity contribution in [3.63, 3.8) is 0 Å². The van der Waals surface area contributed by atoms with Gasteiger partial charge in [0.05, 0.1) is 19.8 Å². The molecule has 0 aromatic rings. The maximum atomic E-state index is 11.5. The van der Waals surface area contributed by atoms with Crippen molar-refractivity contribution < 1.29 is 19.4 Å². The monoisotopic (exact) mass is 188 g/mol. The molecule has 1 aliphatic heterocycles. The van der Waals surface area contributed by atoms with Gasteiger partial charge in [-0.1, -0.05) is 6.92 Å². The van der Waals surface area contributed by atoms with E-state index in [4.69, 9.17) is 4.74 Å². The molecule has 0 aliphatic carbocycles. The Morgan fingerprint density at radius 3 is 2.92 bits per heavy atom. The number of hydrogen-bond acceptors (Lipinski definition) is 4. The van der Waals surface area contributed by atoms with Crippen LogP contribution in [0, 0.1) is 5.41 Å². The highest BCUT2D eigenvalue weighted by Crippen LogP contribution is 2.33. The summed E-state index contributed by atoms with van der Waals surface area (Å²) < 4.78 is 9.88. The van der Waals surface area contributed by atoms with Crippen LogP contribution in [0.1, 0.15) is 19.8 Å². The second-order valence-electron chi connectivity index (χ2n) is 3.36. The molecule has 1 saturated heterocycles. The number of esters is 1. The Balaban J connectivity index is 2.82. The molecule has 1 N–H and O–H groups in total. The van der Waals surface area contributed by atoms with Gasteiger partial charge in [-0.2, -0.15) is 0 Å². The molecule has 2 unspecified atom stereocenters. The molecule has 0 spiro atoms. The van der Waals surface area contributed by atoms with E-state index in [1.54, 1.807) is 0 Å². The van der Waals surface area contributed by atoms with E-state index in [9.17, 15) is 9.90 Å². The van der Waals surface area contributed by atoms with Gasteiger partial charge in [0.15, 0.2) is 0 Å². The van der Waals surface area contributed by atoms with Crippen molar-refractivity contribution in [3.05, 3.63) is 0 Å². The molecule has 13 heavy (non-hydrogen) atoms. The van der Waals surface area contributed by atoms with E-state index in [0.717, 1.165) is 0 Å². The number of aliphatic hydroxyl groups is 1. The van der Waals surface area contributed by atoms with E-state index in [1.807, 2.05) is 6.92 Å². The lowest BCUT2D eigenvalue weighted by Gasteiger charge is -2.37. The second-order valence-corrected chi connectivity index (χ2v) is 3.36. The van der Waals surface area contributed by atoms with Crippen LogP contribution in [0.5, 0.6) is 0 Å². The topological polar surface area (TPSA) is 55.8 Å². The lowest BCUT2D eigenvalue weighted by Crippen LogP contribution is -2.50. The summed E-state index contributed by atoms with van der Waals surface area (Å²) in [6.07, 6.45) is 0.405. The standard InChI is InChI=1S/C9H16O4/c1-3-9(8(11)12-2)6-13-5-4-7(9)10/h7,10H,3-6H2,1-2H3. The van der Waals surface area contributed by atoms with E-state index >= 15 is 0 Å². The van der Waals surface area contributed by atoms with E-state index < -0.39 is 11.5 Å². The van der Waals surface area contributed by atoms with Crippen molar-refractivity contribution in [1.29, 1.82) is 0 Å². The van der Waals surface area contributed by atoms with Crippen LogP contribution in [-0.2, 0) is 14.3 Å². The predicted molar refractivity (Wildman–Crippen MR) is 46.2 cm³/mol. The molecule has 2 atom stereocenters. The third-order valence-corrected chi connectivity index (χ3v) is 2.76. The van der Waals surface area contributed by atoms with Gasteiger partial charge in [0.25, 0.3) is 0 Å². The van der Waals surface area contributed by atoms with Gasteiger partial charge in [0.2, 0.25) is 0 Å². The largest absolute Gasteiger partial charge is 0.468 e. The average molecular weight is 188 g/mol. The van der Waals surface area contributed by atoms with Gasteiger partial charge in [-0.25, -0.2) is 0 Å². The Morgan fingerprint density at radius 2 is 2.46 bits per heavy atom. The molecule has 0 radical (unpaired) electrons. The Hall–Kier alpha value is -0.610. The number of rotatable bonds is 2. The summed E-state index contributed by atoms with van der Waals surface area (Å²) in [6, 6.07) is 0. The van der Waals surface area contributed by atoms with Crippen LogP contribution in [0.4, 0.5) is 0 Å². The molecule has 1 rings (SSSR count). The van der Waals surface area contributed by atoms with Crippen molar-refractivity contribution in [2.45, 2.75) is 25.9 Å². The van der Waals surface area contributed by atoms with Gasteiger partial charge in [-0.05, 0) is 12.8 Å². The first-order valence-corrected chi connectivity index (χ1v) is 4.51. The SMILES string of the molecule is CCC1(C(=O)OC)COCCC1O. The fourth-order valence-corrected chi connectivity index (χ4v) is 1.70. The van der Waals surface area contributed by atoms with E-state index in [2.05, 4.69) is 4.74 Å². The number of carbonyl (C=O) groups is 1. The van der Waals surface area contributed by atoms with Crippen molar-refractivity contribution in [3.8, 4) is 0 Å². The van der Waals surface area contributed by atoms with Crippen LogP contribution in [0.25, 0.3) is 0 Å². The number of methoxy groups -OCH3 is 1. The summed E-state index contributed by atoms with van der Waals surface area (Å²) >= 11 is 0. The van der Waals surface area contributed by atoms with Crippen molar-refractivity contribution in [2.75, 3.05) is 20.3 Å². The highest BCUT2D eigenvalue weighted by molar-refractivity contribution is 5.77.